The molecule has 18 heavy (non-hydrogen) atoms. The molecule has 0 heterocycles. The summed E-state index contributed by atoms with van der Waals surface area (Å²) in [7, 11) is 0. The summed E-state index contributed by atoms with van der Waals surface area (Å²) in [6, 6.07) is 0. The van der Waals surface area contributed by atoms with Gasteiger partial charge in [0.15, 0.2) is 0 Å². The lowest BCUT2D eigenvalue weighted by Gasteiger charge is -2.38. The Hall–Kier alpha value is -0.340. The van der Waals surface area contributed by atoms with Crippen molar-refractivity contribution in [2.24, 2.45) is 23.7 Å². The summed E-state index contributed by atoms with van der Waals surface area (Å²) in [6.07, 6.45) is 12.3. The van der Waals surface area contributed by atoms with Gasteiger partial charge in [-0.15, -0.1) is 6.58 Å². The molecule has 0 aromatic carbocycles. The van der Waals surface area contributed by atoms with Crippen LogP contribution in [0.15, 0.2) is 12.7 Å². The van der Waals surface area contributed by atoms with E-state index in [-0.39, 0.29) is 6.10 Å². The van der Waals surface area contributed by atoms with Crippen LogP contribution in [0.5, 0.6) is 0 Å². The van der Waals surface area contributed by atoms with E-state index in [9.17, 15) is 0 Å². The molecule has 2 nitrogen and oxygen atoms in total. The number of rotatable bonds is 4. The van der Waals surface area contributed by atoms with Gasteiger partial charge in [-0.25, -0.2) is 4.89 Å². The van der Waals surface area contributed by atoms with Gasteiger partial charge in [0.05, 0.1) is 0 Å². The van der Waals surface area contributed by atoms with E-state index < -0.39 is 0 Å². The molecule has 104 valence electrons. The first kappa shape index (κ1) is 14.1. The average molecular weight is 252 g/mol. The highest BCUT2D eigenvalue weighted by Gasteiger charge is 2.32. The molecule has 2 fully saturated rings. The van der Waals surface area contributed by atoms with Crippen LogP contribution < -0.4 is 0 Å². The maximum absolute atomic E-state index is 8.85. The van der Waals surface area contributed by atoms with Gasteiger partial charge in [-0.05, 0) is 62.2 Å². The van der Waals surface area contributed by atoms with Gasteiger partial charge in [-0.1, -0.05) is 25.8 Å². The Morgan fingerprint density at radius 1 is 1.00 bits per heavy atom. The van der Waals surface area contributed by atoms with Crippen LogP contribution in [0.1, 0.15) is 58.3 Å². The Morgan fingerprint density at radius 3 is 1.94 bits per heavy atom. The van der Waals surface area contributed by atoms with E-state index in [2.05, 4.69) is 18.4 Å². The molecule has 0 amide bonds. The van der Waals surface area contributed by atoms with Crippen molar-refractivity contribution in [3.05, 3.63) is 12.7 Å². The van der Waals surface area contributed by atoms with E-state index >= 15 is 0 Å². The van der Waals surface area contributed by atoms with Crippen LogP contribution in [0, 0.1) is 23.7 Å². The van der Waals surface area contributed by atoms with Crippen LogP contribution in [0.25, 0.3) is 0 Å². The van der Waals surface area contributed by atoms with Crippen molar-refractivity contribution in [3.63, 3.8) is 0 Å². The molecule has 0 bridgehead atoms. The highest BCUT2D eigenvalue weighted by molar-refractivity contribution is 4.89. The van der Waals surface area contributed by atoms with E-state index in [1.165, 1.54) is 51.4 Å². The molecular weight excluding hydrogens is 224 g/mol. The summed E-state index contributed by atoms with van der Waals surface area (Å²) in [5.74, 6) is 3.33. The Bertz CT molecular complexity index is 248. The van der Waals surface area contributed by atoms with Crippen molar-refractivity contribution >= 4 is 0 Å². The van der Waals surface area contributed by atoms with Gasteiger partial charge in [0, 0.05) is 0 Å². The van der Waals surface area contributed by atoms with Gasteiger partial charge >= 0.3 is 0 Å². The van der Waals surface area contributed by atoms with Crippen molar-refractivity contribution < 1.29 is 10.1 Å². The molecule has 0 aromatic rings. The lowest BCUT2D eigenvalue weighted by Crippen LogP contribution is -2.30. The summed E-state index contributed by atoms with van der Waals surface area (Å²) >= 11 is 0. The van der Waals surface area contributed by atoms with Crippen molar-refractivity contribution in [3.8, 4) is 0 Å². The zero-order valence-corrected chi connectivity index (χ0v) is 11.7. The molecule has 1 N–H and O–H groups in total. The van der Waals surface area contributed by atoms with Gasteiger partial charge in [-0.2, -0.15) is 0 Å². The van der Waals surface area contributed by atoms with Gasteiger partial charge in [0.1, 0.15) is 6.10 Å². The zero-order valence-electron chi connectivity index (χ0n) is 11.7. The first-order valence-electron chi connectivity index (χ1n) is 7.67. The molecule has 0 aliphatic heterocycles. The number of hydrogen-bond acceptors (Lipinski definition) is 2. The fourth-order valence-corrected chi connectivity index (χ4v) is 4.02. The Balaban J connectivity index is 1.77. The van der Waals surface area contributed by atoms with Crippen LogP contribution in [0.3, 0.4) is 0 Å². The zero-order chi connectivity index (χ0) is 13.0. The monoisotopic (exact) mass is 252 g/mol. The first-order chi connectivity index (χ1) is 8.74. The van der Waals surface area contributed by atoms with Crippen LogP contribution in [0.4, 0.5) is 0 Å². The van der Waals surface area contributed by atoms with Crippen LogP contribution >= 0.6 is 0 Å². The minimum absolute atomic E-state index is 0.155. The van der Waals surface area contributed by atoms with Gasteiger partial charge in [0.25, 0.3) is 0 Å². The minimum atomic E-state index is -0.155. The lowest BCUT2D eigenvalue weighted by molar-refractivity contribution is -0.278. The van der Waals surface area contributed by atoms with Crippen molar-refractivity contribution in [1.82, 2.24) is 0 Å². The predicted molar refractivity (Wildman–Crippen MR) is 74.3 cm³/mol. The van der Waals surface area contributed by atoms with Crippen LogP contribution in [0.2, 0.25) is 0 Å². The normalized spacial score (nSPS) is 39.2. The Kier molecular flexibility index (Phi) is 5.25. The summed E-state index contributed by atoms with van der Waals surface area (Å²) in [6.45, 7) is 6.13. The molecule has 2 heteroatoms. The quantitative estimate of drug-likeness (QED) is 0.448. The molecule has 2 aliphatic rings. The maximum atomic E-state index is 8.85. The molecule has 0 spiro atoms. The summed E-state index contributed by atoms with van der Waals surface area (Å²) < 4.78 is 0. The topological polar surface area (TPSA) is 29.5 Å². The third-order valence-electron chi connectivity index (χ3n) is 5.36. The van der Waals surface area contributed by atoms with E-state index in [4.69, 9.17) is 5.26 Å². The second-order valence-electron chi connectivity index (χ2n) is 6.50. The molecular formula is C16H28O2. The average Bonchev–Trinajstić information content (AvgIpc) is 2.42. The summed E-state index contributed by atoms with van der Waals surface area (Å²) in [5, 5.41) is 8.85. The smallest absolute Gasteiger partial charge is 0.113 e. The molecule has 2 aliphatic carbocycles. The second-order valence-corrected chi connectivity index (χ2v) is 6.50. The number of hydrogen-bond donors (Lipinski definition) is 1. The minimum Gasteiger partial charge on any atom is -0.251 e. The van der Waals surface area contributed by atoms with E-state index in [0.717, 1.165) is 17.8 Å². The fourth-order valence-electron chi connectivity index (χ4n) is 4.02. The van der Waals surface area contributed by atoms with Gasteiger partial charge < -0.3 is 0 Å². The third kappa shape index (κ3) is 3.36. The van der Waals surface area contributed by atoms with Gasteiger partial charge in [-0.3, -0.25) is 5.26 Å². The Morgan fingerprint density at radius 2 is 1.50 bits per heavy atom. The molecule has 2 rings (SSSR count). The second kappa shape index (κ2) is 6.72. The summed E-state index contributed by atoms with van der Waals surface area (Å²) in [5.41, 5.74) is 0. The van der Waals surface area contributed by atoms with E-state index in [0.29, 0.717) is 5.92 Å². The molecule has 0 saturated heterocycles. The highest BCUT2D eigenvalue weighted by atomic mass is 17.1. The van der Waals surface area contributed by atoms with Crippen molar-refractivity contribution in [2.45, 2.75) is 64.4 Å². The van der Waals surface area contributed by atoms with E-state index in [1.54, 1.807) is 6.08 Å². The maximum Gasteiger partial charge on any atom is 0.113 e. The highest BCUT2D eigenvalue weighted by Crippen LogP contribution is 2.42. The molecule has 0 aromatic heterocycles. The van der Waals surface area contributed by atoms with E-state index in [1.807, 2.05) is 0 Å². The Labute approximate surface area is 111 Å². The van der Waals surface area contributed by atoms with Crippen molar-refractivity contribution in [1.29, 1.82) is 0 Å². The predicted octanol–water partition coefficient (Wildman–Crippen LogP) is 4.66. The third-order valence-corrected chi connectivity index (χ3v) is 5.36. The lowest BCUT2D eigenvalue weighted by atomic mass is 9.69. The largest absolute Gasteiger partial charge is 0.251 e. The SMILES string of the molecule is C=CC(OO)C1CCC(C2CCC(C)CC2)CC1. The molecule has 1 atom stereocenters. The first-order valence-corrected chi connectivity index (χ1v) is 7.67. The molecule has 1 unspecified atom stereocenters. The van der Waals surface area contributed by atoms with Crippen LogP contribution in [-0.4, -0.2) is 11.4 Å². The van der Waals surface area contributed by atoms with Crippen LogP contribution in [-0.2, 0) is 4.89 Å². The van der Waals surface area contributed by atoms with Gasteiger partial charge in [0.2, 0.25) is 0 Å². The standard InChI is InChI=1S/C16H28O2/c1-3-16(18-17)15-10-8-14(9-11-15)13-6-4-12(2)5-7-13/h3,12-17H,1,4-11H2,2H3. The molecule has 0 radical (unpaired) electrons. The molecule has 2 saturated carbocycles. The fraction of sp³-hybridized carbons (Fsp3) is 0.875. The summed E-state index contributed by atoms with van der Waals surface area (Å²) in [4.78, 5) is 4.52. The van der Waals surface area contributed by atoms with Crippen molar-refractivity contribution in [2.75, 3.05) is 0 Å².